The molecule has 0 spiro atoms. The zero-order valence-corrected chi connectivity index (χ0v) is 14.2. The van der Waals surface area contributed by atoms with Gasteiger partial charge in [0.2, 0.25) is 0 Å². The molecule has 1 aromatic rings. The average molecular weight is 277 g/mol. The van der Waals surface area contributed by atoms with Crippen molar-refractivity contribution in [3.63, 3.8) is 0 Å². The number of rotatable bonds is 1. The fourth-order valence-electron chi connectivity index (χ4n) is 2.98. The predicted octanol–water partition coefficient (Wildman–Crippen LogP) is 5.45. The van der Waals surface area contributed by atoms with Gasteiger partial charge in [-0.05, 0) is 29.7 Å². The van der Waals surface area contributed by atoms with Crippen molar-refractivity contribution >= 4 is 17.4 Å². The summed E-state index contributed by atoms with van der Waals surface area (Å²) < 4.78 is 0. The van der Waals surface area contributed by atoms with E-state index in [2.05, 4.69) is 60.6 Å². The SMILES string of the molecule is CC(C)(C)CC1(C)C=Cc2nc(C(C)(C)C)sc2C1. The molecule has 0 amide bonds. The number of nitrogens with zero attached hydrogens (tertiary/aromatic N) is 1. The van der Waals surface area contributed by atoms with Gasteiger partial charge in [-0.1, -0.05) is 54.5 Å². The van der Waals surface area contributed by atoms with Crippen molar-refractivity contribution < 1.29 is 0 Å². The van der Waals surface area contributed by atoms with Crippen LogP contribution in [0.25, 0.3) is 6.08 Å². The first-order chi connectivity index (χ1) is 8.49. The Kier molecular flexibility index (Phi) is 3.45. The van der Waals surface area contributed by atoms with Crippen molar-refractivity contribution in [2.45, 2.75) is 66.7 Å². The molecule has 2 rings (SSSR count). The van der Waals surface area contributed by atoms with Gasteiger partial charge in [-0.15, -0.1) is 11.3 Å². The molecule has 0 bridgehead atoms. The fraction of sp³-hybridized carbons (Fsp3) is 0.706. The fourth-order valence-corrected chi connectivity index (χ4v) is 4.28. The van der Waals surface area contributed by atoms with E-state index in [-0.39, 0.29) is 10.8 Å². The van der Waals surface area contributed by atoms with Crippen LogP contribution in [0.5, 0.6) is 0 Å². The van der Waals surface area contributed by atoms with E-state index < -0.39 is 0 Å². The van der Waals surface area contributed by atoms with Gasteiger partial charge < -0.3 is 0 Å². The second-order valence-corrected chi connectivity index (χ2v) is 9.56. The molecule has 1 heterocycles. The second kappa shape index (κ2) is 4.44. The van der Waals surface area contributed by atoms with E-state index in [4.69, 9.17) is 4.98 Å². The summed E-state index contributed by atoms with van der Waals surface area (Å²) >= 11 is 1.91. The molecule has 0 aromatic carbocycles. The smallest absolute Gasteiger partial charge is 0.0988 e. The van der Waals surface area contributed by atoms with E-state index in [9.17, 15) is 0 Å². The minimum atomic E-state index is 0.163. The van der Waals surface area contributed by atoms with E-state index in [1.165, 1.54) is 22.0 Å². The normalized spacial score (nSPS) is 23.5. The Balaban J connectivity index is 2.27. The van der Waals surface area contributed by atoms with E-state index in [0.717, 1.165) is 6.42 Å². The third kappa shape index (κ3) is 3.47. The molecule has 0 fully saturated rings. The molecule has 1 aliphatic carbocycles. The predicted molar refractivity (Wildman–Crippen MR) is 85.7 cm³/mol. The topological polar surface area (TPSA) is 12.9 Å². The molecule has 0 aliphatic heterocycles. The summed E-state index contributed by atoms with van der Waals surface area (Å²) in [4.78, 5) is 6.29. The monoisotopic (exact) mass is 277 g/mol. The van der Waals surface area contributed by atoms with Crippen LogP contribution in [-0.2, 0) is 11.8 Å². The molecule has 0 saturated carbocycles. The summed E-state index contributed by atoms with van der Waals surface area (Å²) in [6.07, 6.45) is 6.99. The van der Waals surface area contributed by atoms with Crippen LogP contribution in [-0.4, -0.2) is 4.98 Å². The van der Waals surface area contributed by atoms with Gasteiger partial charge in [-0.2, -0.15) is 0 Å². The summed E-state index contributed by atoms with van der Waals surface area (Å²) in [5, 5.41) is 1.27. The Morgan fingerprint density at radius 2 is 1.84 bits per heavy atom. The molecule has 0 saturated heterocycles. The molecular weight excluding hydrogens is 250 g/mol. The first-order valence-electron chi connectivity index (χ1n) is 7.18. The van der Waals surface area contributed by atoms with E-state index in [1.54, 1.807) is 0 Å². The van der Waals surface area contributed by atoms with Crippen LogP contribution in [0.15, 0.2) is 6.08 Å². The zero-order valence-electron chi connectivity index (χ0n) is 13.4. The van der Waals surface area contributed by atoms with Crippen LogP contribution < -0.4 is 0 Å². The second-order valence-electron chi connectivity index (χ2n) is 8.48. The lowest BCUT2D eigenvalue weighted by Crippen LogP contribution is -2.25. The van der Waals surface area contributed by atoms with Gasteiger partial charge in [0.15, 0.2) is 0 Å². The molecule has 1 aliphatic rings. The van der Waals surface area contributed by atoms with Crippen molar-refractivity contribution in [1.82, 2.24) is 4.98 Å². The van der Waals surface area contributed by atoms with Gasteiger partial charge in [0.25, 0.3) is 0 Å². The molecule has 2 heteroatoms. The number of aromatic nitrogens is 1. The van der Waals surface area contributed by atoms with Crippen LogP contribution in [0, 0.1) is 10.8 Å². The molecule has 0 radical (unpaired) electrons. The van der Waals surface area contributed by atoms with Gasteiger partial charge >= 0.3 is 0 Å². The van der Waals surface area contributed by atoms with Crippen molar-refractivity contribution in [1.29, 1.82) is 0 Å². The lowest BCUT2D eigenvalue weighted by atomic mass is 9.71. The first kappa shape index (κ1) is 14.8. The van der Waals surface area contributed by atoms with Crippen LogP contribution in [0.3, 0.4) is 0 Å². The van der Waals surface area contributed by atoms with Crippen LogP contribution in [0.4, 0.5) is 0 Å². The highest BCUT2D eigenvalue weighted by molar-refractivity contribution is 7.12. The Morgan fingerprint density at radius 3 is 2.37 bits per heavy atom. The highest BCUT2D eigenvalue weighted by Crippen LogP contribution is 2.43. The number of thiazole rings is 1. The molecule has 106 valence electrons. The van der Waals surface area contributed by atoms with Gasteiger partial charge in [0.05, 0.1) is 10.7 Å². The van der Waals surface area contributed by atoms with Gasteiger partial charge in [0.1, 0.15) is 0 Å². The average Bonchev–Trinajstić information content (AvgIpc) is 2.55. The Morgan fingerprint density at radius 1 is 1.21 bits per heavy atom. The molecular formula is C17H27NS. The third-order valence-corrected chi connectivity index (χ3v) is 5.01. The summed E-state index contributed by atoms with van der Waals surface area (Å²) in [5.74, 6) is 0. The zero-order chi connectivity index (χ0) is 14.5. The Hall–Kier alpha value is -0.630. The summed E-state index contributed by atoms with van der Waals surface area (Å²) in [6.45, 7) is 16.1. The van der Waals surface area contributed by atoms with Crippen molar-refractivity contribution in [3.05, 3.63) is 21.7 Å². The summed E-state index contributed by atoms with van der Waals surface area (Å²) in [5.41, 5.74) is 2.03. The molecule has 1 atom stereocenters. The Labute approximate surface area is 122 Å². The van der Waals surface area contributed by atoms with E-state index >= 15 is 0 Å². The number of fused-ring (bicyclic) bond motifs is 1. The standard InChI is InChI=1S/C17H27NS/c1-15(2,3)11-17(7)9-8-12-13(10-17)19-14(18-12)16(4,5)6/h8-9H,10-11H2,1-7H3. The molecule has 19 heavy (non-hydrogen) atoms. The molecule has 1 nitrogen and oxygen atoms in total. The van der Waals surface area contributed by atoms with Crippen molar-refractivity contribution in [2.24, 2.45) is 10.8 Å². The highest BCUT2D eigenvalue weighted by Gasteiger charge is 2.33. The van der Waals surface area contributed by atoms with Gasteiger partial charge in [-0.3, -0.25) is 0 Å². The first-order valence-corrected chi connectivity index (χ1v) is 8.00. The molecule has 1 unspecified atom stereocenters. The van der Waals surface area contributed by atoms with Gasteiger partial charge in [0, 0.05) is 10.3 Å². The maximum Gasteiger partial charge on any atom is 0.0988 e. The largest absolute Gasteiger partial charge is 0.241 e. The van der Waals surface area contributed by atoms with E-state index in [0.29, 0.717) is 5.41 Å². The molecule has 0 N–H and O–H groups in total. The van der Waals surface area contributed by atoms with Crippen molar-refractivity contribution in [3.8, 4) is 0 Å². The van der Waals surface area contributed by atoms with Crippen LogP contribution in [0.1, 0.15) is 70.5 Å². The number of hydrogen-bond donors (Lipinski definition) is 0. The molecule has 1 aromatic heterocycles. The lowest BCUT2D eigenvalue weighted by Gasteiger charge is -2.34. The third-order valence-electron chi connectivity index (χ3n) is 3.51. The summed E-state index contributed by atoms with van der Waals surface area (Å²) in [6, 6.07) is 0. The van der Waals surface area contributed by atoms with Crippen LogP contribution >= 0.6 is 11.3 Å². The highest BCUT2D eigenvalue weighted by atomic mass is 32.1. The van der Waals surface area contributed by atoms with E-state index in [1.807, 2.05) is 11.3 Å². The lowest BCUT2D eigenvalue weighted by molar-refractivity contribution is 0.242. The minimum Gasteiger partial charge on any atom is -0.241 e. The maximum atomic E-state index is 4.82. The quantitative estimate of drug-likeness (QED) is 0.665. The Bertz CT molecular complexity index is 496. The van der Waals surface area contributed by atoms with Crippen LogP contribution in [0.2, 0.25) is 0 Å². The number of hydrogen-bond acceptors (Lipinski definition) is 2. The maximum absolute atomic E-state index is 4.82. The minimum absolute atomic E-state index is 0.163. The van der Waals surface area contributed by atoms with Crippen molar-refractivity contribution in [2.75, 3.05) is 0 Å². The number of allylic oxidation sites excluding steroid dienone is 1. The summed E-state index contributed by atoms with van der Waals surface area (Å²) in [7, 11) is 0. The van der Waals surface area contributed by atoms with Gasteiger partial charge in [-0.25, -0.2) is 4.98 Å².